The number of rotatable bonds is 7. The van der Waals surface area contributed by atoms with E-state index in [4.69, 9.17) is 15.3 Å². The lowest BCUT2D eigenvalue weighted by molar-refractivity contribution is 0.343. The fourth-order valence-electron chi connectivity index (χ4n) is 2.66. The van der Waals surface area contributed by atoms with Gasteiger partial charge in [-0.1, -0.05) is 44.7 Å². The topological polar surface area (TPSA) is 75.2 Å². The van der Waals surface area contributed by atoms with E-state index in [2.05, 4.69) is 43.1 Å². The van der Waals surface area contributed by atoms with Crippen LogP contribution < -0.4 is 15.3 Å². The van der Waals surface area contributed by atoms with Gasteiger partial charge in [-0.05, 0) is 47.4 Å². The molecule has 0 aliphatic rings. The van der Waals surface area contributed by atoms with Gasteiger partial charge in [0.05, 0.1) is 13.7 Å². The molecule has 0 radical (unpaired) electrons. The lowest BCUT2D eigenvalue weighted by Crippen LogP contribution is -2.12. The van der Waals surface area contributed by atoms with Crippen LogP contribution in [0, 0.1) is 0 Å². The summed E-state index contributed by atoms with van der Waals surface area (Å²) in [5.41, 5.74) is 2.32. The van der Waals surface area contributed by atoms with Crippen molar-refractivity contribution in [2.24, 2.45) is 0 Å². The van der Waals surface area contributed by atoms with Crippen molar-refractivity contribution in [2.75, 3.05) is 25.3 Å². The van der Waals surface area contributed by atoms with E-state index in [0.717, 1.165) is 22.8 Å². The molecule has 0 amide bonds. The van der Waals surface area contributed by atoms with Gasteiger partial charge in [0, 0.05) is 11.3 Å². The number of aromatic nitrogens is 3. The molecule has 0 unspecified atom stereocenters. The van der Waals surface area contributed by atoms with Crippen molar-refractivity contribution in [3.05, 3.63) is 54.1 Å². The molecule has 3 rings (SSSR count). The normalized spacial score (nSPS) is 11.4. The maximum atomic E-state index is 6.16. The van der Waals surface area contributed by atoms with Crippen molar-refractivity contribution in [1.82, 2.24) is 14.9 Å². The first-order chi connectivity index (χ1) is 13.4. The van der Waals surface area contributed by atoms with Gasteiger partial charge in [-0.3, -0.25) is 0 Å². The summed E-state index contributed by atoms with van der Waals surface area (Å²) in [5.74, 6) is 9.14. The van der Waals surface area contributed by atoms with Gasteiger partial charge in [-0.25, -0.2) is 4.68 Å². The van der Waals surface area contributed by atoms with Gasteiger partial charge in [0.15, 0.2) is 5.82 Å². The summed E-state index contributed by atoms with van der Waals surface area (Å²) in [6, 6.07) is 15.8. The first-order valence-corrected chi connectivity index (χ1v) is 10.1. The molecule has 0 bridgehead atoms. The Bertz CT molecular complexity index is 900. The fourth-order valence-corrected chi connectivity index (χ4v) is 3.33. The molecule has 28 heavy (non-hydrogen) atoms. The molecule has 0 saturated carbocycles. The predicted molar refractivity (Wildman–Crippen MR) is 114 cm³/mol. The molecular weight excluding hydrogens is 372 g/mol. The van der Waals surface area contributed by atoms with Crippen molar-refractivity contribution in [3.8, 4) is 22.9 Å². The molecule has 6 nitrogen and oxygen atoms in total. The number of nitrogens with two attached hydrogens (primary N) is 1. The lowest BCUT2D eigenvalue weighted by Gasteiger charge is -2.19. The Kier molecular flexibility index (Phi) is 6.14. The van der Waals surface area contributed by atoms with Gasteiger partial charge in [0.1, 0.15) is 11.5 Å². The zero-order chi connectivity index (χ0) is 20.1. The van der Waals surface area contributed by atoms with Crippen LogP contribution in [0.4, 0.5) is 0 Å². The maximum Gasteiger partial charge on any atom is 0.210 e. The van der Waals surface area contributed by atoms with Crippen LogP contribution >= 0.6 is 11.8 Å². The molecule has 148 valence electrons. The summed E-state index contributed by atoms with van der Waals surface area (Å²) < 4.78 is 12.5. The highest BCUT2D eigenvalue weighted by atomic mass is 32.2. The molecule has 0 spiro atoms. The van der Waals surface area contributed by atoms with E-state index in [1.54, 1.807) is 7.11 Å². The van der Waals surface area contributed by atoms with E-state index in [1.165, 1.54) is 22.0 Å². The summed E-state index contributed by atoms with van der Waals surface area (Å²) in [6.45, 7) is 7.15. The second-order valence-corrected chi connectivity index (χ2v) is 8.44. The number of methoxy groups -OCH3 is 1. The van der Waals surface area contributed by atoms with Crippen molar-refractivity contribution in [2.45, 2.75) is 31.3 Å². The Morgan fingerprint density at radius 2 is 1.61 bits per heavy atom. The minimum absolute atomic E-state index is 0.140. The zero-order valence-electron chi connectivity index (χ0n) is 16.7. The molecule has 1 aromatic heterocycles. The third kappa shape index (κ3) is 4.78. The largest absolute Gasteiger partial charge is 0.497 e. The predicted octanol–water partition coefficient (Wildman–Crippen LogP) is 4.14. The zero-order valence-corrected chi connectivity index (χ0v) is 17.5. The fraction of sp³-hybridized carbons (Fsp3) is 0.333. The molecule has 3 aromatic rings. The first kappa shape index (κ1) is 20.1. The summed E-state index contributed by atoms with van der Waals surface area (Å²) >= 11 is 1.51. The monoisotopic (exact) mass is 398 g/mol. The van der Waals surface area contributed by atoms with Gasteiger partial charge >= 0.3 is 0 Å². The maximum absolute atomic E-state index is 6.16. The quantitative estimate of drug-likeness (QED) is 0.366. The molecule has 0 aliphatic carbocycles. The standard InChI is InChI=1S/C21H26N4O2S/c1-21(2,3)16-7-11-18(12-8-16)27-13-14-28-20-24-23-19(25(20)22)15-5-9-17(26-4)10-6-15/h5-12H,13-14,22H2,1-4H3. The van der Waals surface area contributed by atoms with Crippen LogP contribution in [0.3, 0.4) is 0 Å². The van der Waals surface area contributed by atoms with Crippen molar-refractivity contribution < 1.29 is 9.47 Å². The van der Waals surface area contributed by atoms with E-state index >= 15 is 0 Å². The Morgan fingerprint density at radius 1 is 0.964 bits per heavy atom. The number of ether oxygens (including phenoxy) is 2. The van der Waals surface area contributed by atoms with Crippen molar-refractivity contribution in [3.63, 3.8) is 0 Å². The average Bonchev–Trinajstić information content (AvgIpc) is 3.05. The van der Waals surface area contributed by atoms with Crippen LogP contribution in [-0.2, 0) is 5.41 Å². The minimum Gasteiger partial charge on any atom is -0.497 e. The number of nitrogen functional groups attached to an aromatic ring is 1. The number of hydrogen-bond acceptors (Lipinski definition) is 6. The van der Waals surface area contributed by atoms with E-state index < -0.39 is 0 Å². The molecule has 2 N–H and O–H groups in total. The van der Waals surface area contributed by atoms with Gasteiger partial charge in [-0.2, -0.15) is 0 Å². The van der Waals surface area contributed by atoms with Gasteiger partial charge in [0.25, 0.3) is 0 Å². The van der Waals surface area contributed by atoms with Crippen LogP contribution in [0.15, 0.2) is 53.7 Å². The first-order valence-electron chi connectivity index (χ1n) is 9.09. The minimum atomic E-state index is 0.140. The van der Waals surface area contributed by atoms with E-state index in [0.29, 0.717) is 17.6 Å². The summed E-state index contributed by atoms with van der Waals surface area (Å²) in [5, 5.41) is 9.03. The Hall–Kier alpha value is -2.67. The molecule has 7 heteroatoms. The van der Waals surface area contributed by atoms with Gasteiger partial charge < -0.3 is 15.3 Å². The van der Waals surface area contributed by atoms with Crippen LogP contribution in [0.2, 0.25) is 0 Å². The lowest BCUT2D eigenvalue weighted by atomic mass is 9.87. The van der Waals surface area contributed by atoms with Crippen LogP contribution in [0.25, 0.3) is 11.4 Å². The Labute approximate surface area is 170 Å². The summed E-state index contributed by atoms with van der Waals surface area (Å²) in [6.07, 6.45) is 0. The van der Waals surface area contributed by atoms with E-state index in [9.17, 15) is 0 Å². The number of thioether (sulfide) groups is 1. The molecule has 2 aromatic carbocycles. The highest BCUT2D eigenvalue weighted by Crippen LogP contribution is 2.25. The van der Waals surface area contributed by atoms with Crippen LogP contribution in [0.1, 0.15) is 26.3 Å². The number of nitrogens with zero attached hydrogens (tertiary/aromatic N) is 3. The Balaban J connectivity index is 1.53. The Morgan fingerprint density at radius 3 is 2.21 bits per heavy atom. The second kappa shape index (κ2) is 8.56. The van der Waals surface area contributed by atoms with Gasteiger partial charge in [-0.15, -0.1) is 10.2 Å². The van der Waals surface area contributed by atoms with Gasteiger partial charge in [0.2, 0.25) is 5.16 Å². The summed E-state index contributed by atoms with van der Waals surface area (Å²) in [7, 11) is 1.64. The number of benzene rings is 2. The van der Waals surface area contributed by atoms with E-state index in [-0.39, 0.29) is 5.41 Å². The molecule has 0 atom stereocenters. The smallest absolute Gasteiger partial charge is 0.210 e. The van der Waals surface area contributed by atoms with E-state index in [1.807, 2.05) is 36.4 Å². The van der Waals surface area contributed by atoms with Crippen LogP contribution in [-0.4, -0.2) is 34.3 Å². The van der Waals surface area contributed by atoms with Crippen molar-refractivity contribution >= 4 is 11.8 Å². The van der Waals surface area contributed by atoms with Crippen LogP contribution in [0.5, 0.6) is 11.5 Å². The number of hydrogen-bond donors (Lipinski definition) is 1. The summed E-state index contributed by atoms with van der Waals surface area (Å²) in [4.78, 5) is 0. The molecule has 0 saturated heterocycles. The third-order valence-corrected chi connectivity index (χ3v) is 5.22. The van der Waals surface area contributed by atoms with Crippen molar-refractivity contribution in [1.29, 1.82) is 0 Å². The molecule has 0 fully saturated rings. The molecule has 0 aliphatic heterocycles. The highest BCUT2D eigenvalue weighted by Gasteiger charge is 2.14. The average molecular weight is 399 g/mol. The second-order valence-electron chi connectivity index (χ2n) is 7.38. The third-order valence-electron chi connectivity index (χ3n) is 4.32. The molecular formula is C21H26N4O2S. The SMILES string of the molecule is COc1ccc(-c2nnc(SCCOc3ccc(C(C)(C)C)cc3)n2N)cc1. The molecule has 1 heterocycles. The highest BCUT2D eigenvalue weighted by molar-refractivity contribution is 7.99.